The molecule has 0 saturated carbocycles. The maximum absolute atomic E-state index is 5.74. The van der Waals surface area contributed by atoms with Crippen molar-refractivity contribution in [2.75, 3.05) is 19.7 Å². The highest BCUT2D eigenvalue weighted by atomic mass is 16.5. The Bertz CT molecular complexity index is 292. The van der Waals surface area contributed by atoms with E-state index in [1.165, 1.54) is 11.1 Å². The third-order valence-corrected chi connectivity index (χ3v) is 2.71. The predicted molar refractivity (Wildman–Crippen MR) is 57.4 cm³/mol. The predicted octanol–water partition coefficient (Wildman–Crippen LogP) is 1.91. The zero-order valence-electron chi connectivity index (χ0n) is 8.62. The summed E-state index contributed by atoms with van der Waals surface area (Å²) in [6.45, 7) is 4.93. The van der Waals surface area contributed by atoms with Gasteiger partial charge in [0.25, 0.3) is 0 Å². The van der Waals surface area contributed by atoms with Crippen LogP contribution in [0, 0.1) is 0 Å². The van der Waals surface area contributed by atoms with Crippen LogP contribution in [0.1, 0.15) is 24.2 Å². The molecule has 2 rings (SSSR count). The first-order valence-electron chi connectivity index (χ1n) is 5.32. The number of hydrogen-bond acceptors (Lipinski definition) is 2. The molecular formula is C12H17NO. The molecule has 1 aliphatic heterocycles. The van der Waals surface area contributed by atoms with Gasteiger partial charge >= 0.3 is 0 Å². The van der Waals surface area contributed by atoms with Crippen molar-refractivity contribution in [1.29, 1.82) is 0 Å². The van der Waals surface area contributed by atoms with Gasteiger partial charge in [-0.25, -0.2) is 0 Å². The Morgan fingerprint density at radius 3 is 3.00 bits per heavy atom. The number of rotatable bonds is 2. The average molecular weight is 191 g/mol. The largest absolute Gasteiger partial charge is 0.371 e. The second kappa shape index (κ2) is 4.58. The molecule has 76 valence electrons. The van der Waals surface area contributed by atoms with Gasteiger partial charge in [-0.1, -0.05) is 31.2 Å². The Hall–Kier alpha value is -0.860. The molecule has 0 spiro atoms. The first-order chi connectivity index (χ1) is 6.92. The third kappa shape index (κ3) is 1.97. The van der Waals surface area contributed by atoms with Crippen molar-refractivity contribution in [1.82, 2.24) is 5.32 Å². The van der Waals surface area contributed by atoms with Gasteiger partial charge in [-0.3, -0.25) is 0 Å². The van der Waals surface area contributed by atoms with Crippen LogP contribution in [-0.2, 0) is 11.2 Å². The minimum Gasteiger partial charge on any atom is -0.371 e. The highest BCUT2D eigenvalue weighted by Gasteiger charge is 2.17. The maximum atomic E-state index is 5.74. The van der Waals surface area contributed by atoms with Gasteiger partial charge in [-0.15, -0.1) is 0 Å². The van der Waals surface area contributed by atoms with Crippen molar-refractivity contribution < 1.29 is 4.74 Å². The summed E-state index contributed by atoms with van der Waals surface area (Å²) in [5, 5.41) is 3.36. The molecule has 2 nitrogen and oxygen atoms in total. The lowest BCUT2D eigenvalue weighted by Crippen LogP contribution is -2.33. The number of nitrogens with one attached hydrogen (secondary N) is 1. The molecule has 0 aromatic heterocycles. The van der Waals surface area contributed by atoms with Gasteiger partial charge in [0, 0.05) is 13.1 Å². The highest BCUT2D eigenvalue weighted by molar-refractivity contribution is 5.29. The van der Waals surface area contributed by atoms with Crippen LogP contribution in [0.2, 0.25) is 0 Å². The summed E-state index contributed by atoms with van der Waals surface area (Å²) in [5.41, 5.74) is 2.75. The van der Waals surface area contributed by atoms with Crippen LogP contribution >= 0.6 is 0 Å². The highest BCUT2D eigenvalue weighted by Crippen LogP contribution is 2.22. The Kier molecular flexibility index (Phi) is 3.17. The third-order valence-electron chi connectivity index (χ3n) is 2.71. The summed E-state index contributed by atoms with van der Waals surface area (Å²) in [4.78, 5) is 0. The number of aryl methyl sites for hydroxylation is 1. The van der Waals surface area contributed by atoms with Crippen molar-refractivity contribution in [3.63, 3.8) is 0 Å². The van der Waals surface area contributed by atoms with Crippen LogP contribution < -0.4 is 5.32 Å². The molecule has 1 aromatic carbocycles. The molecule has 1 aromatic rings. The van der Waals surface area contributed by atoms with E-state index in [1.54, 1.807) is 0 Å². The Labute approximate surface area is 85.3 Å². The van der Waals surface area contributed by atoms with E-state index < -0.39 is 0 Å². The van der Waals surface area contributed by atoms with E-state index in [1.807, 2.05) is 0 Å². The molecule has 14 heavy (non-hydrogen) atoms. The van der Waals surface area contributed by atoms with Crippen LogP contribution in [0.4, 0.5) is 0 Å². The van der Waals surface area contributed by atoms with Crippen LogP contribution in [0.25, 0.3) is 0 Å². The molecule has 0 radical (unpaired) electrons. The smallest absolute Gasteiger partial charge is 0.0952 e. The van der Waals surface area contributed by atoms with Gasteiger partial charge in [0.2, 0.25) is 0 Å². The van der Waals surface area contributed by atoms with Crippen molar-refractivity contribution in [3.8, 4) is 0 Å². The number of hydrogen-bond donors (Lipinski definition) is 1. The van der Waals surface area contributed by atoms with E-state index in [4.69, 9.17) is 4.74 Å². The zero-order chi connectivity index (χ0) is 9.80. The Morgan fingerprint density at radius 1 is 1.43 bits per heavy atom. The fourth-order valence-electron chi connectivity index (χ4n) is 1.94. The minimum atomic E-state index is 0.250. The number of benzene rings is 1. The van der Waals surface area contributed by atoms with Gasteiger partial charge < -0.3 is 10.1 Å². The summed E-state index contributed by atoms with van der Waals surface area (Å²) < 4.78 is 5.74. The minimum absolute atomic E-state index is 0.250. The molecule has 0 bridgehead atoms. The molecule has 0 amide bonds. The van der Waals surface area contributed by atoms with Crippen LogP contribution in [-0.4, -0.2) is 19.7 Å². The molecule has 1 unspecified atom stereocenters. The van der Waals surface area contributed by atoms with Gasteiger partial charge in [-0.05, 0) is 17.5 Å². The van der Waals surface area contributed by atoms with Gasteiger partial charge in [0.15, 0.2) is 0 Å². The van der Waals surface area contributed by atoms with Crippen LogP contribution in [0.5, 0.6) is 0 Å². The standard InChI is InChI=1S/C12H17NO/c1-2-10-5-3-4-6-11(10)12-9-13-7-8-14-12/h3-6,12-13H,2,7-9H2,1H3. The van der Waals surface area contributed by atoms with Crippen LogP contribution in [0.3, 0.4) is 0 Å². The lowest BCUT2D eigenvalue weighted by molar-refractivity contribution is 0.0272. The lowest BCUT2D eigenvalue weighted by Gasteiger charge is -2.25. The van der Waals surface area contributed by atoms with Crippen molar-refractivity contribution in [2.45, 2.75) is 19.4 Å². The second-order valence-electron chi connectivity index (χ2n) is 3.62. The zero-order valence-corrected chi connectivity index (χ0v) is 8.62. The number of ether oxygens (including phenoxy) is 1. The quantitative estimate of drug-likeness (QED) is 0.771. The van der Waals surface area contributed by atoms with E-state index in [9.17, 15) is 0 Å². The van der Waals surface area contributed by atoms with Gasteiger partial charge in [0.1, 0.15) is 0 Å². The van der Waals surface area contributed by atoms with Gasteiger partial charge in [0.05, 0.1) is 12.7 Å². The normalized spacial score (nSPS) is 22.2. The summed E-state index contributed by atoms with van der Waals surface area (Å²) in [7, 11) is 0. The van der Waals surface area contributed by atoms with E-state index in [0.29, 0.717) is 0 Å². The second-order valence-corrected chi connectivity index (χ2v) is 3.62. The molecule has 0 aliphatic carbocycles. The molecular weight excluding hydrogens is 174 g/mol. The Balaban J connectivity index is 2.20. The first-order valence-corrected chi connectivity index (χ1v) is 5.32. The van der Waals surface area contributed by atoms with E-state index in [-0.39, 0.29) is 6.10 Å². The summed E-state index contributed by atoms with van der Waals surface area (Å²) >= 11 is 0. The summed E-state index contributed by atoms with van der Waals surface area (Å²) in [5.74, 6) is 0. The maximum Gasteiger partial charge on any atom is 0.0952 e. The molecule has 1 heterocycles. The van der Waals surface area contributed by atoms with E-state index in [0.717, 1.165) is 26.1 Å². The van der Waals surface area contributed by atoms with Crippen LogP contribution in [0.15, 0.2) is 24.3 Å². The van der Waals surface area contributed by atoms with Crippen molar-refractivity contribution in [2.24, 2.45) is 0 Å². The summed E-state index contributed by atoms with van der Waals surface area (Å²) in [6.07, 6.45) is 1.33. The average Bonchev–Trinajstić information content (AvgIpc) is 2.30. The first kappa shape index (κ1) is 9.69. The van der Waals surface area contributed by atoms with Crippen molar-refractivity contribution >= 4 is 0 Å². The SMILES string of the molecule is CCc1ccccc1C1CNCCO1. The molecule has 2 heteroatoms. The lowest BCUT2D eigenvalue weighted by atomic mass is 10.00. The van der Waals surface area contributed by atoms with Crippen molar-refractivity contribution in [3.05, 3.63) is 35.4 Å². The van der Waals surface area contributed by atoms with Gasteiger partial charge in [-0.2, -0.15) is 0 Å². The summed E-state index contributed by atoms with van der Waals surface area (Å²) in [6, 6.07) is 8.55. The molecule has 1 N–H and O–H groups in total. The van der Waals surface area contributed by atoms with E-state index >= 15 is 0 Å². The molecule has 1 aliphatic rings. The fraction of sp³-hybridized carbons (Fsp3) is 0.500. The van der Waals surface area contributed by atoms with E-state index in [2.05, 4.69) is 36.5 Å². The topological polar surface area (TPSA) is 21.3 Å². The molecule has 1 saturated heterocycles. The Morgan fingerprint density at radius 2 is 2.29 bits per heavy atom. The monoisotopic (exact) mass is 191 g/mol. The molecule has 1 fully saturated rings. The molecule has 1 atom stereocenters. The fourth-order valence-corrected chi connectivity index (χ4v) is 1.94. The number of morpholine rings is 1.